The summed E-state index contributed by atoms with van der Waals surface area (Å²) in [6.07, 6.45) is 10.0. The maximum atomic E-state index is 12.5. The first-order chi connectivity index (χ1) is 9.79. The highest BCUT2D eigenvalue weighted by Gasteiger charge is 2.22. The predicted octanol–water partition coefficient (Wildman–Crippen LogP) is 2.10. The molecule has 1 fully saturated rings. The Morgan fingerprint density at radius 2 is 2.35 bits per heavy atom. The standard InChI is InChI=1S/C16H28N2O2/c1-20-11-10-18(13-15-8-5-9-17-15)16(19)12-14-6-3-2-4-7-14/h6,15,17H,2-5,7-13H2,1H3. The fourth-order valence-corrected chi connectivity index (χ4v) is 3.07. The molecule has 0 aromatic heterocycles. The molecule has 1 saturated heterocycles. The van der Waals surface area contributed by atoms with Crippen molar-refractivity contribution in [2.45, 2.75) is 51.0 Å². The van der Waals surface area contributed by atoms with Crippen molar-refractivity contribution in [3.05, 3.63) is 11.6 Å². The molecule has 0 spiro atoms. The Morgan fingerprint density at radius 3 is 3.00 bits per heavy atom. The Bertz CT molecular complexity index is 335. The summed E-state index contributed by atoms with van der Waals surface area (Å²) in [4.78, 5) is 14.5. The molecule has 1 heterocycles. The van der Waals surface area contributed by atoms with E-state index < -0.39 is 0 Å². The zero-order valence-electron chi connectivity index (χ0n) is 12.7. The lowest BCUT2D eigenvalue weighted by atomic mass is 9.97. The molecule has 2 aliphatic rings. The molecule has 1 unspecified atom stereocenters. The van der Waals surface area contributed by atoms with E-state index in [2.05, 4.69) is 11.4 Å². The van der Waals surface area contributed by atoms with E-state index in [0.717, 1.165) is 25.9 Å². The summed E-state index contributed by atoms with van der Waals surface area (Å²) in [5.74, 6) is 0.268. The van der Waals surface area contributed by atoms with Crippen molar-refractivity contribution < 1.29 is 9.53 Å². The number of ether oxygens (including phenoxy) is 1. The van der Waals surface area contributed by atoms with Crippen LogP contribution in [0.2, 0.25) is 0 Å². The maximum Gasteiger partial charge on any atom is 0.226 e. The maximum absolute atomic E-state index is 12.5. The van der Waals surface area contributed by atoms with Crippen LogP contribution in [-0.2, 0) is 9.53 Å². The smallest absolute Gasteiger partial charge is 0.226 e. The number of hydrogen-bond acceptors (Lipinski definition) is 3. The van der Waals surface area contributed by atoms with Gasteiger partial charge in [-0.15, -0.1) is 0 Å². The first kappa shape index (κ1) is 15.5. The second kappa shape index (κ2) is 8.42. The number of rotatable bonds is 7. The molecular formula is C16H28N2O2. The normalized spacial score (nSPS) is 22.6. The third-order valence-electron chi connectivity index (χ3n) is 4.28. The molecule has 1 atom stereocenters. The predicted molar refractivity (Wildman–Crippen MR) is 80.6 cm³/mol. The van der Waals surface area contributed by atoms with Crippen LogP contribution < -0.4 is 5.32 Å². The largest absolute Gasteiger partial charge is 0.383 e. The number of carbonyl (C=O) groups excluding carboxylic acids is 1. The quantitative estimate of drug-likeness (QED) is 0.726. The van der Waals surface area contributed by atoms with Gasteiger partial charge < -0.3 is 15.0 Å². The summed E-state index contributed by atoms with van der Waals surface area (Å²) in [6.45, 7) is 3.25. The SMILES string of the molecule is COCCN(CC1CCCN1)C(=O)CC1=CCCCC1. The second-order valence-corrected chi connectivity index (χ2v) is 5.91. The molecule has 0 saturated carbocycles. The van der Waals surface area contributed by atoms with Gasteiger partial charge in [0.1, 0.15) is 0 Å². The van der Waals surface area contributed by atoms with Crippen LogP contribution in [0, 0.1) is 0 Å². The molecule has 0 aromatic rings. The van der Waals surface area contributed by atoms with Crippen molar-refractivity contribution in [1.29, 1.82) is 0 Å². The van der Waals surface area contributed by atoms with Crippen LogP contribution in [0.5, 0.6) is 0 Å². The molecule has 4 nitrogen and oxygen atoms in total. The molecule has 20 heavy (non-hydrogen) atoms. The van der Waals surface area contributed by atoms with Crippen LogP contribution in [0.1, 0.15) is 44.9 Å². The third kappa shape index (κ3) is 4.91. The first-order valence-electron chi connectivity index (χ1n) is 7.97. The number of nitrogens with zero attached hydrogens (tertiary/aromatic N) is 1. The minimum atomic E-state index is 0.268. The summed E-state index contributed by atoms with van der Waals surface area (Å²) >= 11 is 0. The van der Waals surface area contributed by atoms with Gasteiger partial charge in [0.2, 0.25) is 5.91 Å². The van der Waals surface area contributed by atoms with Crippen LogP contribution in [0.15, 0.2) is 11.6 Å². The van der Waals surface area contributed by atoms with Gasteiger partial charge in [0, 0.05) is 32.7 Å². The van der Waals surface area contributed by atoms with Gasteiger partial charge in [-0.1, -0.05) is 11.6 Å². The Kier molecular flexibility index (Phi) is 6.54. The molecule has 1 N–H and O–H groups in total. The highest BCUT2D eigenvalue weighted by molar-refractivity contribution is 5.78. The highest BCUT2D eigenvalue weighted by atomic mass is 16.5. The number of methoxy groups -OCH3 is 1. The van der Waals surface area contributed by atoms with Crippen molar-refractivity contribution in [2.24, 2.45) is 0 Å². The third-order valence-corrected chi connectivity index (χ3v) is 4.28. The average molecular weight is 280 g/mol. The van der Waals surface area contributed by atoms with Crippen molar-refractivity contribution in [3.63, 3.8) is 0 Å². The van der Waals surface area contributed by atoms with Gasteiger partial charge in [-0.05, 0) is 45.1 Å². The van der Waals surface area contributed by atoms with E-state index in [4.69, 9.17) is 4.74 Å². The van der Waals surface area contributed by atoms with Gasteiger partial charge in [0.05, 0.1) is 6.61 Å². The monoisotopic (exact) mass is 280 g/mol. The summed E-state index contributed by atoms with van der Waals surface area (Å²) in [5, 5.41) is 3.47. The van der Waals surface area contributed by atoms with Crippen molar-refractivity contribution >= 4 is 5.91 Å². The summed E-state index contributed by atoms with van der Waals surface area (Å²) < 4.78 is 5.15. The molecule has 0 radical (unpaired) electrons. The second-order valence-electron chi connectivity index (χ2n) is 5.91. The van der Waals surface area contributed by atoms with Gasteiger partial charge in [-0.3, -0.25) is 4.79 Å². The Hall–Kier alpha value is -0.870. The highest BCUT2D eigenvalue weighted by Crippen LogP contribution is 2.21. The van der Waals surface area contributed by atoms with Crippen LogP contribution in [0.25, 0.3) is 0 Å². The Balaban J connectivity index is 1.86. The van der Waals surface area contributed by atoms with Gasteiger partial charge in [0.25, 0.3) is 0 Å². The van der Waals surface area contributed by atoms with E-state index in [1.807, 2.05) is 4.90 Å². The van der Waals surface area contributed by atoms with E-state index in [-0.39, 0.29) is 5.91 Å². The first-order valence-corrected chi connectivity index (χ1v) is 7.97. The minimum Gasteiger partial charge on any atom is -0.383 e. The lowest BCUT2D eigenvalue weighted by Gasteiger charge is -2.26. The van der Waals surface area contributed by atoms with Crippen LogP contribution in [0.4, 0.5) is 0 Å². The average Bonchev–Trinajstić information content (AvgIpc) is 2.97. The molecular weight excluding hydrogens is 252 g/mol. The van der Waals surface area contributed by atoms with Crippen molar-refractivity contribution in [1.82, 2.24) is 10.2 Å². The van der Waals surface area contributed by atoms with Gasteiger partial charge in [-0.25, -0.2) is 0 Å². The number of carbonyl (C=O) groups is 1. The van der Waals surface area contributed by atoms with Crippen molar-refractivity contribution in [2.75, 3.05) is 33.4 Å². The van der Waals surface area contributed by atoms with E-state index in [0.29, 0.717) is 25.6 Å². The fourth-order valence-electron chi connectivity index (χ4n) is 3.07. The van der Waals surface area contributed by atoms with E-state index in [1.165, 1.54) is 31.3 Å². The van der Waals surface area contributed by atoms with Gasteiger partial charge in [0.15, 0.2) is 0 Å². The molecule has 114 valence electrons. The fraction of sp³-hybridized carbons (Fsp3) is 0.812. The Morgan fingerprint density at radius 1 is 1.45 bits per heavy atom. The summed E-state index contributed by atoms with van der Waals surface area (Å²) in [7, 11) is 1.69. The Labute approximate surface area is 122 Å². The lowest BCUT2D eigenvalue weighted by molar-refractivity contribution is -0.131. The number of amides is 1. The zero-order valence-corrected chi connectivity index (χ0v) is 12.7. The van der Waals surface area contributed by atoms with E-state index in [9.17, 15) is 4.79 Å². The van der Waals surface area contributed by atoms with Gasteiger partial charge >= 0.3 is 0 Å². The van der Waals surface area contributed by atoms with Crippen LogP contribution in [-0.4, -0.2) is 50.2 Å². The molecule has 1 amide bonds. The van der Waals surface area contributed by atoms with E-state index in [1.54, 1.807) is 7.11 Å². The zero-order chi connectivity index (χ0) is 14.2. The summed E-state index contributed by atoms with van der Waals surface area (Å²) in [5.41, 5.74) is 1.34. The molecule has 0 aromatic carbocycles. The van der Waals surface area contributed by atoms with E-state index >= 15 is 0 Å². The molecule has 0 bridgehead atoms. The molecule has 2 rings (SSSR count). The molecule has 4 heteroatoms. The van der Waals surface area contributed by atoms with Crippen LogP contribution in [0.3, 0.4) is 0 Å². The van der Waals surface area contributed by atoms with Crippen molar-refractivity contribution in [3.8, 4) is 0 Å². The van der Waals surface area contributed by atoms with Crippen LogP contribution >= 0.6 is 0 Å². The number of allylic oxidation sites excluding steroid dienone is 1. The topological polar surface area (TPSA) is 41.6 Å². The van der Waals surface area contributed by atoms with Gasteiger partial charge in [-0.2, -0.15) is 0 Å². The number of hydrogen-bond donors (Lipinski definition) is 1. The lowest BCUT2D eigenvalue weighted by Crippen LogP contribution is -2.42. The molecule has 1 aliphatic heterocycles. The number of nitrogens with one attached hydrogen (secondary N) is 1. The molecule has 1 aliphatic carbocycles. The summed E-state index contributed by atoms with van der Waals surface area (Å²) in [6, 6.07) is 0.469. The minimum absolute atomic E-state index is 0.268.